The molecule has 3 N–H and O–H groups in total. The van der Waals surface area contributed by atoms with Crippen LogP contribution >= 0.6 is 0 Å². The van der Waals surface area contributed by atoms with E-state index in [0.717, 1.165) is 17.8 Å². The normalized spacial score (nSPS) is 20.0. The summed E-state index contributed by atoms with van der Waals surface area (Å²) in [6.07, 6.45) is 0. The molecule has 0 aliphatic carbocycles. The lowest BCUT2D eigenvalue weighted by Gasteiger charge is -2.41. The van der Waals surface area contributed by atoms with Crippen molar-refractivity contribution in [2.45, 2.75) is 25.9 Å². The molecule has 1 aromatic carbocycles. The van der Waals surface area contributed by atoms with Gasteiger partial charge in [-0.05, 0) is 25.5 Å². The first-order valence-electron chi connectivity index (χ1n) is 5.88. The summed E-state index contributed by atoms with van der Waals surface area (Å²) >= 11 is 0. The van der Waals surface area contributed by atoms with Crippen molar-refractivity contribution in [3.63, 3.8) is 0 Å². The van der Waals surface area contributed by atoms with E-state index in [9.17, 15) is 4.79 Å². The second kappa shape index (κ2) is 4.37. The average Bonchev–Trinajstić information content (AvgIpc) is 2.28. The van der Waals surface area contributed by atoms with E-state index in [4.69, 9.17) is 5.73 Å². The maximum Gasteiger partial charge on any atom is 0.240 e. The van der Waals surface area contributed by atoms with Gasteiger partial charge in [-0.2, -0.15) is 0 Å². The number of nitrogen functional groups attached to an aromatic ring is 1. The van der Waals surface area contributed by atoms with Gasteiger partial charge in [-0.1, -0.05) is 18.2 Å². The molecule has 0 unspecified atom stereocenters. The lowest BCUT2D eigenvalue weighted by molar-refractivity contribution is -0.135. The number of nitrogens with two attached hydrogens (primary N) is 1. The van der Waals surface area contributed by atoms with Gasteiger partial charge >= 0.3 is 0 Å². The molecule has 4 heteroatoms. The molecule has 0 saturated carbocycles. The van der Waals surface area contributed by atoms with E-state index in [-0.39, 0.29) is 5.91 Å². The van der Waals surface area contributed by atoms with E-state index >= 15 is 0 Å². The lowest BCUT2D eigenvalue weighted by atomic mass is 9.98. The van der Waals surface area contributed by atoms with Crippen LogP contribution in [-0.4, -0.2) is 29.4 Å². The van der Waals surface area contributed by atoms with Crippen LogP contribution in [0, 0.1) is 0 Å². The smallest absolute Gasteiger partial charge is 0.240 e. The van der Waals surface area contributed by atoms with E-state index in [1.165, 1.54) is 0 Å². The highest BCUT2D eigenvalue weighted by molar-refractivity contribution is 5.86. The molecule has 1 amide bonds. The predicted molar refractivity (Wildman–Crippen MR) is 68.4 cm³/mol. The first kappa shape index (κ1) is 11.9. The Morgan fingerprint density at radius 2 is 2.12 bits per heavy atom. The summed E-state index contributed by atoms with van der Waals surface area (Å²) in [5, 5.41) is 2.89. The van der Waals surface area contributed by atoms with E-state index < -0.39 is 5.54 Å². The number of rotatable bonds is 2. The molecule has 17 heavy (non-hydrogen) atoms. The average molecular weight is 233 g/mol. The van der Waals surface area contributed by atoms with Gasteiger partial charge in [-0.25, -0.2) is 0 Å². The van der Waals surface area contributed by atoms with Crippen LogP contribution in [0.5, 0.6) is 0 Å². The fourth-order valence-electron chi connectivity index (χ4n) is 2.10. The summed E-state index contributed by atoms with van der Waals surface area (Å²) in [5.41, 5.74) is 7.33. The summed E-state index contributed by atoms with van der Waals surface area (Å²) < 4.78 is 0. The number of amides is 1. The number of nitrogens with zero attached hydrogens (tertiary/aromatic N) is 1. The third kappa shape index (κ3) is 2.26. The molecule has 0 radical (unpaired) electrons. The molecule has 1 saturated heterocycles. The summed E-state index contributed by atoms with van der Waals surface area (Å²) in [4.78, 5) is 14.0. The molecule has 4 nitrogen and oxygen atoms in total. The maximum absolute atomic E-state index is 11.8. The van der Waals surface area contributed by atoms with Crippen LogP contribution in [0.3, 0.4) is 0 Å². The Kier molecular flexibility index (Phi) is 3.07. The Balaban J connectivity index is 2.18. The Labute approximate surface area is 102 Å². The number of para-hydroxylation sites is 1. The summed E-state index contributed by atoms with van der Waals surface area (Å²) in [5.74, 6) is 0.0817. The van der Waals surface area contributed by atoms with Crippen LogP contribution in [0.1, 0.15) is 19.4 Å². The van der Waals surface area contributed by atoms with Gasteiger partial charge < -0.3 is 11.1 Å². The molecule has 1 heterocycles. The van der Waals surface area contributed by atoms with Crippen molar-refractivity contribution in [3.05, 3.63) is 29.8 Å². The van der Waals surface area contributed by atoms with Gasteiger partial charge in [-0.15, -0.1) is 0 Å². The first-order valence-corrected chi connectivity index (χ1v) is 5.88. The fraction of sp³-hybridized carbons (Fsp3) is 0.462. The van der Waals surface area contributed by atoms with Crippen molar-refractivity contribution >= 4 is 11.6 Å². The highest BCUT2D eigenvalue weighted by atomic mass is 16.2. The molecule has 0 aromatic heterocycles. The molecule has 1 aromatic rings. The lowest BCUT2D eigenvalue weighted by Crippen LogP contribution is -2.61. The maximum atomic E-state index is 11.8. The Hall–Kier alpha value is -1.55. The van der Waals surface area contributed by atoms with Crippen molar-refractivity contribution in [2.75, 3.05) is 18.8 Å². The van der Waals surface area contributed by atoms with Crippen LogP contribution in [0.15, 0.2) is 24.3 Å². The number of hydrogen-bond acceptors (Lipinski definition) is 3. The van der Waals surface area contributed by atoms with Gasteiger partial charge in [0.25, 0.3) is 0 Å². The Morgan fingerprint density at radius 1 is 1.41 bits per heavy atom. The highest BCUT2D eigenvalue weighted by Crippen LogP contribution is 2.22. The topological polar surface area (TPSA) is 58.4 Å². The van der Waals surface area contributed by atoms with Gasteiger partial charge in [-0.3, -0.25) is 9.69 Å². The number of nitrogens with one attached hydrogen (secondary N) is 1. The zero-order chi connectivity index (χ0) is 12.5. The van der Waals surface area contributed by atoms with Crippen LogP contribution in [0.4, 0.5) is 5.69 Å². The van der Waals surface area contributed by atoms with Crippen LogP contribution in [-0.2, 0) is 11.3 Å². The van der Waals surface area contributed by atoms with E-state index in [1.54, 1.807) is 0 Å². The number of piperazine rings is 1. The third-order valence-electron chi connectivity index (χ3n) is 3.43. The molecule has 0 atom stereocenters. The summed E-state index contributed by atoms with van der Waals surface area (Å²) in [6.45, 7) is 6.16. The predicted octanol–water partition coefficient (Wildman–Crippen LogP) is 0.979. The summed E-state index contributed by atoms with van der Waals surface area (Å²) in [6, 6.07) is 7.81. The Bertz CT molecular complexity index is 428. The van der Waals surface area contributed by atoms with Crippen molar-refractivity contribution in [3.8, 4) is 0 Å². The number of hydrogen-bond donors (Lipinski definition) is 2. The van der Waals surface area contributed by atoms with E-state index in [1.807, 2.05) is 38.1 Å². The first-order chi connectivity index (χ1) is 8.01. The van der Waals surface area contributed by atoms with Crippen molar-refractivity contribution in [1.82, 2.24) is 10.2 Å². The second-order valence-electron chi connectivity index (χ2n) is 4.94. The van der Waals surface area contributed by atoms with E-state index in [2.05, 4.69) is 10.2 Å². The van der Waals surface area contributed by atoms with Crippen LogP contribution < -0.4 is 11.1 Å². The molecule has 1 aliphatic heterocycles. The molecule has 92 valence electrons. The fourth-order valence-corrected chi connectivity index (χ4v) is 2.10. The molecule has 2 rings (SSSR count). The minimum Gasteiger partial charge on any atom is -0.398 e. The van der Waals surface area contributed by atoms with Crippen molar-refractivity contribution in [2.24, 2.45) is 0 Å². The molecule has 1 aliphatic rings. The summed E-state index contributed by atoms with van der Waals surface area (Å²) in [7, 11) is 0. The third-order valence-corrected chi connectivity index (χ3v) is 3.43. The standard InChI is InChI=1S/C13H19N3O/c1-13(2)12(17)15-7-8-16(13)9-10-5-3-4-6-11(10)14/h3-6H,7-9,14H2,1-2H3,(H,15,17). The van der Waals surface area contributed by atoms with Gasteiger partial charge in [0.1, 0.15) is 0 Å². The number of carbonyl (C=O) groups is 1. The number of carbonyl (C=O) groups excluding carboxylic acids is 1. The number of anilines is 1. The van der Waals surface area contributed by atoms with Crippen molar-refractivity contribution < 1.29 is 4.79 Å². The van der Waals surface area contributed by atoms with Crippen molar-refractivity contribution in [1.29, 1.82) is 0 Å². The van der Waals surface area contributed by atoms with Gasteiger partial charge in [0.15, 0.2) is 0 Å². The molecular formula is C13H19N3O. The highest BCUT2D eigenvalue weighted by Gasteiger charge is 2.37. The SMILES string of the molecule is CC1(C)C(=O)NCCN1Cc1ccccc1N. The molecule has 0 spiro atoms. The number of benzene rings is 1. The van der Waals surface area contributed by atoms with Gasteiger partial charge in [0.2, 0.25) is 5.91 Å². The van der Waals surface area contributed by atoms with Crippen LogP contribution in [0.25, 0.3) is 0 Å². The zero-order valence-electron chi connectivity index (χ0n) is 10.4. The van der Waals surface area contributed by atoms with E-state index in [0.29, 0.717) is 13.1 Å². The zero-order valence-corrected chi connectivity index (χ0v) is 10.4. The largest absolute Gasteiger partial charge is 0.398 e. The quantitative estimate of drug-likeness (QED) is 0.749. The minimum absolute atomic E-state index is 0.0817. The Morgan fingerprint density at radius 3 is 2.82 bits per heavy atom. The second-order valence-corrected chi connectivity index (χ2v) is 4.94. The molecule has 1 fully saturated rings. The molecule has 0 bridgehead atoms. The van der Waals surface area contributed by atoms with Gasteiger partial charge in [0, 0.05) is 25.3 Å². The minimum atomic E-state index is -0.472. The molecular weight excluding hydrogens is 214 g/mol. The van der Waals surface area contributed by atoms with Gasteiger partial charge in [0.05, 0.1) is 5.54 Å². The monoisotopic (exact) mass is 233 g/mol. The van der Waals surface area contributed by atoms with Crippen LogP contribution in [0.2, 0.25) is 0 Å².